The largest absolute Gasteiger partial charge is 1.00 e. The van der Waals surface area contributed by atoms with Gasteiger partial charge in [-0.1, -0.05) is 26.0 Å². The number of hydrogen-bond acceptors (Lipinski definition) is 3. The van der Waals surface area contributed by atoms with Crippen LogP contribution < -0.4 is 58.2 Å². The average Bonchev–Trinajstić information content (AvgIpc) is 2.49. The third-order valence-electron chi connectivity index (χ3n) is 1.72. The Labute approximate surface area is 126 Å². The molecule has 0 fully saturated rings. The van der Waals surface area contributed by atoms with Gasteiger partial charge in [0.05, 0.1) is 5.69 Å². The molecule has 4 nitrogen and oxygen atoms in total. The van der Waals surface area contributed by atoms with Crippen LogP contribution in [-0.4, -0.2) is 19.8 Å². The normalized spacial score (nSPS) is 10.4. The standard InChI is InChI=1S/C8H9N4.Rb/c1-6(2)7-3-4-8-10-9-5-12(8)11-7;/h3-4,6H,1-2H3;/q-1;+1. The molecule has 0 aromatic carbocycles. The maximum atomic E-state index is 4.27. The van der Waals surface area contributed by atoms with Gasteiger partial charge in [0.2, 0.25) is 0 Å². The van der Waals surface area contributed by atoms with Gasteiger partial charge < -0.3 is 4.52 Å². The van der Waals surface area contributed by atoms with Crippen molar-refractivity contribution < 1.29 is 58.2 Å². The van der Waals surface area contributed by atoms with Crippen molar-refractivity contribution in [3.05, 3.63) is 24.2 Å². The summed E-state index contributed by atoms with van der Waals surface area (Å²) in [5.41, 5.74) is 1.76. The van der Waals surface area contributed by atoms with Crippen molar-refractivity contribution in [2.24, 2.45) is 0 Å². The summed E-state index contributed by atoms with van der Waals surface area (Å²) in [7, 11) is 0. The summed E-state index contributed by atoms with van der Waals surface area (Å²) < 4.78 is 1.56. The van der Waals surface area contributed by atoms with Gasteiger partial charge in [-0.15, -0.1) is 0 Å². The van der Waals surface area contributed by atoms with Gasteiger partial charge in [0, 0.05) is 5.65 Å². The molecule has 0 spiro atoms. The van der Waals surface area contributed by atoms with Crippen molar-refractivity contribution in [3.8, 4) is 0 Å². The fraction of sp³-hybridized carbons (Fsp3) is 0.375. The van der Waals surface area contributed by atoms with E-state index >= 15 is 0 Å². The third kappa shape index (κ3) is 2.43. The van der Waals surface area contributed by atoms with Crippen LogP contribution in [0.15, 0.2) is 12.1 Å². The van der Waals surface area contributed by atoms with Gasteiger partial charge in [0.25, 0.3) is 0 Å². The van der Waals surface area contributed by atoms with E-state index in [1.165, 1.54) is 0 Å². The van der Waals surface area contributed by atoms with Gasteiger partial charge in [-0.2, -0.15) is 0 Å². The molecule has 62 valence electrons. The maximum absolute atomic E-state index is 4.27. The Morgan fingerprint density at radius 3 is 2.85 bits per heavy atom. The summed E-state index contributed by atoms with van der Waals surface area (Å²) in [5, 5.41) is 11.7. The van der Waals surface area contributed by atoms with Gasteiger partial charge in [-0.05, 0) is 12.2 Å². The second kappa shape index (κ2) is 4.73. The monoisotopic (exact) mass is 246 g/mol. The van der Waals surface area contributed by atoms with Crippen LogP contribution in [0.25, 0.3) is 5.65 Å². The Morgan fingerprint density at radius 1 is 1.38 bits per heavy atom. The molecule has 2 aromatic heterocycles. The summed E-state index contributed by atoms with van der Waals surface area (Å²) in [6, 6.07) is 3.86. The molecule has 0 atom stereocenters. The topological polar surface area (TPSA) is 43.1 Å². The van der Waals surface area contributed by atoms with E-state index in [0.29, 0.717) is 5.92 Å². The Bertz CT molecular complexity index is 396. The molecule has 5 heteroatoms. The fourth-order valence-corrected chi connectivity index (χ4v) is 1.00. The van der Waals surface area contributed by atoms with Crippen LogP contribution in [0.3, 0.4) is 0 Å². The molecule has 0 unspecified atom stereocenters. The van der Waals surface area contributed by atoms with Crippen molar-refractivity contribution in [2.75, 3.05) is 0 Å². The first-order valence-corrected chi connectivity index (χ1v) is 3.87. The number of nitrogens with zero attached hydrogens (tertiary/aromatic N) is 4. The third-order valence-corrected chi connectivity index (χ3v) is 1.72. The second-order valence-corrected chi connectivity index (χ2v) is 2.98. The van der Waals surface area contributed by atoms with Crippen LogP contribution in [0, 0.1) is 6.33 Å². The van der Waals surface area contributed by atoms with Crippen LogP contribution in [-0.2, 0) is 0 Å². The average molecular weight is 247 g/mol. The quantitative estimate of drug-likeness (QED) is 0.550. The van der Waals surface area contributed by atoms with Gasteiger partial charge >= 0.3 is 58.2 Å². The van der Waals surface area contributed by atoms with E-state index in [-0.39, 0.29) is 58.2 Å². The molecule has 13 heavy (non-hydrogen) atoms. The molecule has 0 aliphatic carbocycles. The van der Waals surface area contributed by atoms with E-state index < -0.39 is 0 Å². The molecule has 0 aliphatic rings. The summed E-state index contributed by atoms with van der Waals surface area (Å²) in [4.78, 5) is 0. The minimum Gasteiger partial charge on any atom is -0.365 e. The molecule has 0 bridgehead atoms. The molecular weight excluding hydrogens is 238 g/mol. The molecule has 0 N–H and O–H groups in total. The van der Waals surface area contributed by atoms with Gasteiger partial charge in [-0.3, -0.25) is 5.10 Å². The SMILES string of the molecule is CC(C)c1ccc2nn[c-]n2n1.[Rb+]. The Balaban J connectivity index is 0.000000845. The maximum Gasteiger partial charge on any atom is 1.00 e. The molecule has 2 rings (SSSR count). The fourth-order valence-electron chi connectivity index (χ4n) is 1.00. The Hall–Kier alpha value is 0.355. The molecule has 0 saturated heterocycles. The summed E-state index contributed by atoms with van der Waals surface area (Å²) in [5.74, 6) is 0.421. The van der Waals surface area contributed by atoms with Crippen LogP contribution in [0.5, 0.6) is 0 Å². The van der Waals surface area contributed by atoms with Gasteiger partial charge in [0.15, 0.2) is 0 Å². The smallest absolute Gasteiger partial charge is 0.365 e. The first-order valence-electron chi connectivity index (χ1n) is 3.87. The van der Waals surface area contributed by atoms with Crippen molar-refractivity contribution >= 4 is 5.65 Å². The van der Waals surface area contributed by atoms with E-state index in [4.69, 9.17) is 0 Å². The predicted octanol–water partition coefficient (Wildman–Crippen LogP) is -1.95. The van der Waals surface area contributed by atoms with Crippen LogP contribution in [0.4, 0.5) is 0 Å². The predicted molar refractivity (Wildman–Crippen MR) is 43.7 cm³/mol. The van der Waals surface area contributed by atoms with E-state index in [9.17, 15) is 0 Å². The Kier molecular flexibility index (Phi) is 4.16. The van der Waals surface area contributed by atoms with Crippen LogP contribution in [0.1, 0.15) is 25.5 Å². The number of fused-ring (bicyclic) bond motifs is 1. The molecular formula is C8H9N4Rb. The first kappa shape index (κ1) is 11.4. The van der Waals surface area contributed by atoms with Gasteiger partial charge in [-0.25, -0.2) is 10.2 Å². The molecule has 2 heterocycles. The van der Waals surface area contributed by atoms with Crippen LogP contribution in [0.2, 0.25) is 0 Å². The van der Waals surface area contributed by atoms with Crippen LogP contribution >= 0.6 is 0 Å². The molecule has 0 amide bonds. The van der Waals surface area contributed by atoms with E-state index in [2.05, 4.69) is 35.5 Å². The van der Waals surface area contributed by atoms with Crippen molar-refractivity contribution in [2.45, 2.75) is 19.8 Å². The second-order valence-electron chi connectivity index (χ2n) is 2.98. The van der Waals surface area contributed by atoms with Gasteiger partial charge in [0.1, 0.15) is 0 Å². The van der Waals surface area contributed by atoms with Crippen molar-refractivity contribution in [1.29, 1.82) is 0 Å². The first-order chi connectivity index (χ1) is 5.77. The zero-order valence-electron chi connectivity index (χ0n) is 8.02. The molecule has 2 aromatic rings. The van der Waals surface area contributed by atoms with E-state index in [1.807, 2.05) is 12.1 Å². The molecule has 0 radical (unpaired) electrons. The minimum atomic E-state index is 0. The summed E-state index contributed by atoms with van der Waals surface area (Å²) in [6.45, 7) is 4.19. The minimum absolute atomic E-state index is 0. The number of aromatic nitrogens is 4. The number of rotatable bonds is 1. The molecule has 0 saturated carbocycles. The number of hydrogen-bond donors (Lipinski definition) is 0. The summed E-state index contributed by atoms with van der Waals surface area (Å²) >= 11 is 0. The van der Waals surface area contributed by atoms with E-state index in [0.717, 1.165) is 11.3 Å². The zero-order chi connectivity index (χ0) is 8.55. The van der Waals surface area contributed by atoms with E-state index in [1.54, 1.807) is 4.52 Å². The molecule has 0 aliphatic heterocycles. The Morgan fingerprint density at radius 2 is 2.15 bits per heavy atom. The zero-order valence-corrected chi connectivity index (χ0v) is 12.9. The summed E-state index contributed by atoms with van der Waals surface area (Å²) in [6.07, 6.45) is 2.66. The van der Waals surface area contributed by atoms with Crippen molar-refractivity contribution in [3.63, 3.8) is 0 Å². The van der Waals surface area contributed by atoms with Crippen molar-refractivity contribution in [1.82, 2.24) is 19.8 Å².